The Bertz CT molecular complexity index is 1830. The van der Waals surface area contributed by atoms with Gasteiger partial charge in [0, 0.05) is 26.7 Å². The normalized spacial score (nSPS) is 23.4. The average molecular weight is 1300 g/mol. The predicted molar refractivity (Wildman–Crippen MR) is 343 cm³/mol. The molecule has 2 aliphatic rings. The highest BCUT2D eigenvalue weighted by molar-refractivity contribution is 7.46. The number of unbranched alkanes of at least 4 members (excludes halogenated alkanes) is 30. The van der Waals surface area contributed by atoms with Gasteiger partial charge >= 0.3 is 15.6 Å². The first kappa shape index (κ1) is 82.6. The number of methoxy groups -OCH3 is 1. The van der Waals surface area contributed by atoms with Gasteiger partial charge in [-0.1, -0.05) is 226 Å². The molecule has 2 heterocycles. The molecule has 2 unspecified atom stereocenters. The number of aliphatic hydroxyl groups excluding tert-OH is 3. The maximum atomic E-state index is 14.1. The summed E-state index contributed by atoms with van der Waals surface area (Å²) in [7, 11) is -9.32. The van der Waals surface area contributed by atoms with Crippen molar-refractivity contribution in [2.24, 2.45) is 0 Å². The molecule has 2 saturated heterocycles. The van der Waals surface area contributed by atoms with Crippen molar-refractivity contribution in [2.75, 3.05) is 33.5 Å². The molecular formula is C65H126N2O19P2. The third-order valence-corrected chi connectivity index (χ3v) is 17.7. The van der Waals surface area contributed by atoms with Crippen LogP contribution < -0.4 is 10.6 Å². The van der Waals surface area contributed by atoms with Gasteiger partial charge in [-0.25, -0.2) is 9.13 Å². The summed E-state index contributed by atoms with van der Waals surface area (Å²) in [4.78, 5) is 68.9. The van der Waals surface area contributed by atoms with E-state index in [0.717, 1.165) is 154 Å². The third kappa shape index (κ3) is 40.6. The molecule has 9 N–H and O–H groups in total. The van der Waals surface area contributed by atoms with Gasteiger partial charge < -0.3 is 73.9 Å². The average Bonchev–Trinajstić information content (AvgIpc) is 2.12. The van der Waals surface area contributed by atoms with Crippen molar-refractivity contribution in [3.63, 3.8) is 0 Å². The molecule has 2 rings (SSSR count). The number of phosphoric acid groups is 2. The van der Waals surface area contributed by atoms with E-state index in [9.17, 15) is 53.6 Å². The molecule has 0 aromatic rings. The second-order valence-electron chi connectivity index (χ2n) is 24.8. The Kier molecular flexibility index (Phi) is 48.7. The Morgan fingerprint density at radius 3 is 1.42 bits per heavy atom. The Hall–Kier alpha value is -1.46. The maximum absolute atomic E-state index is 14.1. The van der Waals surface area contributed by atoms with Crippen LogP contribution in [0.15, 0.2) is 12.2 Å². The second kappa shape index (κ2) is 51.9. The van der Waals surface area contributed by atoms with Crippen LogP contribution in [0, 0.1) is 0 Å². The van der Waals surface area contributed by atoms with Crippen LogP contribution in [0.3, 0.4) is 0 Å². The highest BCUT2D eigenvalue weighted by Gasteiger charge is 2.53. The Morgan fingerprint density at radius 1 is 0.466 bits per heavy atom. The van der Waals surface area contributed by atoms with Crippen molar-refractivity contribution >= 4 is 27.5 Å². The van der Waals surface area contributed by atoms with Crippen LogP contribution in [0.4, 0.5) is 0 Å². The van der Waals surface area contributed by atoms with E-state index in [1.54, 1.807) is 0 Å². The van der Waals surface area contributed by atoms with Gasteiger partial charge in [-0.3, -0.25) is 18.6 Å². The van der Waals surface area contributed by atoms with E-state index in [-0.39, 0.29) is 39.1 Å². The molecule has 520 valence electrons. The van der Waals surface area contributed by atoms with Crippen molar-refractivity contribution in [2.45, 2.75) is 358 Å². The molecule has 21 nitrogen and oxygen atoms in total. The van der Waals surface area contributed by atoms with E-state index in [4.69, 9.17) is 37.5 Å². The number of aliphatic hydroxyl groups is 3. The van der Waals surface area contributed by atoms with Gasteiger partial charge in [0.25, 0.3) is 0 Å². The minimum atomic E-state index is -5.38. The third-order valence-electron chi connectivity index (χ3n) is 16.7. The van der Waals surface area contributed by atoms with E-state index < -0.39 is 108 Å². The summed E-state index contributed by atoms with van der Waals surface area (Å²) < 4.78 is 73.1. The van der Waals surface area contributed by atoms with E-state index in [0.29, 0.717) is 32.1 Å². The summed E-state index contributed by atoms with van der Waals surface area (Å²) in [5.41, 5.74) is 0. The number of phosphoric ester groups is 2. The van der Waals surface area contributed by atoms with E-state index >= 15 is 0 Å². The fourth-order valence-electron chi connectivity index (χ4n) is 11.6. The van der Waals surface area contributed by atoms with Crippen molar-refractivity contribution in [3.05, 3.63) is 12.2 Å². The molecule has 2 fully saturated rings. The SMILES string of the molecule is CCCCCC/C=C\CCCCCCCCCC(=O)N[C@H]1[C@H](OC[C@H]2O[C@H](OP(=O)(O)O)[C@H](NC(=O)CC(O)CCCCCCCCCCC)[C@@H](OCCCCCCCCCC)[C@@H]2O)O[C@H](COC)[C@@H](OP(=O)(O)O)[C@@H]1OCCC(O)CCCCCCC. The van der Waals surface area contributed by atoms with Crippen LogP contribution in [-0.2, 0) is 56.2 Å². The summed E-state index contributed by atoms with van der Waals surface area (Å²) in [6, 6.07) is -2.84. The summed E-state index contributed by atoms with van der Waals surface area (Å²) >= 11 is 0. The van der Waals surface area contributed by atoms with Gasteiger partial charge in [0.2, 0.25) is 11.8 Å². The van der Waals surface area contributed by atoms with Crippen LogP contribution in [0.2, 0.25) is 0 Å². The van der Waals surface area contributed by atoms with Gasteiger partial charge in [-0.05, 0) is 57.8 Å². The predicted octanol–water partition coefficient (Wildman–Crippen LogP) is 12.7. The summed E-state index contributed by atoms with van der Waals surface area (Å²) in [5.74, 6) is -1.13. The molecule has 0 spiro atoms. The van der Waals surface area contributed by atoms with Gasteiger partial charge in [0.05, 0.1) is 31.8 Å². The van der Waals surface area contributed by atoms with E-state index in [2.05, 4.69) is 50.5 Å². The van der Waals surface area contributed by atoms with Crippen molar-refractivity contribution < 1.29 is 91.1 Å². The summed E-state index contributed by atoms with van der Waals surface area (Å²) in [5, 5.41) is 39.9. The molecule has 2 aliphatic heterocycles. The molecule has 0 bridgehead atoms. The van der Waals surface area contributed by atoms with Gasteiger partial charge in [-0.15, -0.1) is 0 Å². The number of carbonyl (C=O) groups is 2. The number of hydrogen-bond donors (Lipinski definition) is 9. The van der Waals surface area contributed by atoms with Crippen molar-refractivity contribution in [3.8, 4) is 0 Å². The van der Waals surface area contributed by atoms with Gasteiger partial charge in [-0.2, -0.15) is 0 Å². The molecule has 88 heavy (non-hydrogen) atoms. The molecule has 0 aromatic carbocycles. The zero-order valence-electron chi connectivity index (χ0n) is 55.1. The zero-order valence-corrected chi connectivity index (χ0v) is 56.9. The Morgan fingerprint density at radius 2 is 0.898 bits per heavy atom. The molecule has 12 atom stereocenters. The molecule has 0 aromatic heterocycles. The molecule has 0 aliphatic carbocycles. The second-order valence-corrected chi connectivity index (χ2v) is 27.2. The molecule has 2 amide bonds. The summed E-state index contributed by atoms with van der Waals surface area (Å²) in [6.45, 7) is 7.73. The fraction of sp³-hybridized carbons (Fsp3) is 0.938. The van der Waals surface area contributed by atoms with Crippen LogP contribution >= 0.6 is 15.6 Å². The first-order chi connectivity index (χ1) is 42.4. The number of carbonyl (C=O) groups excluding carboxylic acids is 2. The highest BCUT2D eigenvalue weighted by Crippen LogP contribution is 2.44. The number of hydrogen-bond acceptors (Lipinski definition) is 15. The number of amides is 2. The molecule has 0 radical (unpaired) electrons. The smallest absolute Gasteiger partial charge is 0.393 e. The monoisotopic (exact) mass is 1300 g/mol. The maximum Gasteiger partial charge on any atom is 0.472 e. The van der Waals surface area contributed by atoms with Crippen LogP contribution in [0.5, 0.6) is 0 Å². The van der Waals surface area contributed by atoms with E-state index in [1.807, 2.05) is 0 Å². The lowest BCUT2D eigenvalue weighted by atomic mass is 9.95. The lowest BCUT2D eigenvalue weighted by Crippen LogP contribution is -2.67. The van der Waals surface area contributed by atoms with Gasteiger partial charge in [0.1, 0.15) is 48.7 Å². The largest absolute Gasteiger partial charge is 0.472 e. The van der Waals surface area contributed by atoms with E-state index in [1.165, 1.54) is 58.5 Å². The van der Waals surface area contributed by atoms with Crippen molar-refractivity contribution in [1.29, 1.82) is 0 Å². The number of nitrogens with one attached hydrogen (secondary N) is 2. The molecule has 0 saturated carbocycles. The topological polar surface area (TPSA) is 308 Å². The standard InChI is InChI=1S/C65H126N2O19P2/c1-6-10-14-18-21-24-25-26-27-28-29-31-33-37-41-45-56(70)66-59-63(81-48-46-52(68)43-39-35-17-13-9-4)61(85-87(73,74)75)55(50-79-5)84-64(59)82-51-54-60(72)62(80-47-42-38-34-23-20-16-12-8-3)58(65(83-54)86-88(76,77)78)67-57(71)49-53(69)44-40-36-32-30-22-19-15-11-7-2/h24-25,52-55,58-65,68-69,72H,6-23,26-51H2,1-5H3,(H,66,70)(H,67,71)(H2,73,74,75)(H2,76,77,78)/b25-24-/t52?,53?,54-,55-,58-,59-,60-,61-,62-,63-,64-,65-/m1/s1. The molecular weight excluding hydrogens is 1170 g/mol. The number of rotatable bonds is 58. The van der Waals surface area contributed by atoms with Crippen LogP contribution in [0.1, 0.15) is 285 Å². The quantitative estimate of drug-likeness (QED) is 0.0155. The van der Waals surface area contributed by atoms with Crippen molar-refractivity contribution in [1.82, 2.24) is 10.6 Å². The first-order valence-electron chi connectivity index (χ1n) is 34.8. The zero-order chi connectivity index (χ0) is 64.7. The number of allylic oxidation sites excluding steroid dienone is 2. The lowest BCUT2D eigenvalue weighted by molar-refractivity contribution is -0.301. The lowest BCUT2D eigenvalue weighted by Gasteiger charge is -2.47. The minimum Gasteiger partial charge on any atom is -0.393 e. The fourth-order valence-corrected chi connectivity index (χ4v) is 12.6. The first-order valence-corrected chi connectivity index (χ1v) is 37.8. The Balaban J connectivity index is 2.43. The van der Waals surface area contributed by atoms with Crippen LogP contribution in [-0.4, -0.2) is 154 Å². The van der Waals surface area contributed by atoms with Gasteiger partial charge in [0.15, 0.2) is 12.6 Å². The number of ether oxygens (including phenoxy) is 6. The Labute approximate surface area is 530 Å². The highest BCUT2D eigenvalue weighted by atomic mass is 31.2. The van der Waals surface area contributed by atoms with Crippen LogP contribution in [0.25, 0.3) is 0 Å². The molecule has 23 heteroatoms. The summed E-state index contributed by atoms with van der Waals surface area (Å²) in [6.07, 6.45) is 27.7. The minimum absolute atomic E-state index is 0.0777.